The van der Waals surface area contributed by atoms with E-state index in [0.717, 1.165) is 11.1 Å². The van der Waals surface area contributed by atoms with Crippen molar-refractivity contribution in [3.8, 4) is 11.5 Å². The molecule has 0 bridgehead atoms. The van der Waals surface area contributed by atoms with E-state index in [-0.39, 0.29) is 22.7 Å². The maximum Gasteiger partial charge on any atom is 0.174 e. The van der Waals surface area contributed by atoms with Crippen LogP contribution in [-0.2, 0) is 5.41 Å². The van der Waals surface area contributed by atoms with E-state index in [2.05, 4.69) is 0 Å². The van der Waals surface area contributed by atoms with Crippen LogP contribution in [0.3, 0.4) is 0 Å². The number of benzene rings is 3. The molecule has 1 unspecified atom stereocenters. The SMILES string of the molecule is CC(C)(C)c1cc(O)c(O)cc1C(C(=O)c1ccccc1)c1ccccc1. The first-order valence-electron chi connectivity index (χ1n) is 8.99. The molecule has 3 aromatic carbocycles. The molecular formula is C24H24O3. The molecule has 0 saturated heterocycles. The van der Waals surface area contributed by atoms with E-state index in [9.17, 15) is 15.0 Å². The van der Waals surface area contributed by atoms with Gasteiger partial charge in [0, 0.05) is 5.56 Å². The van der Waals surface area contributed by atoms with Gasteiger partial charge in [0.05, 0.1) is 5.92 Å². The van der Waals surface area contributed by atoms with E-state index in [1.54, 1.807) is 18.2 Å². The minimum atomic E-state index is -0.575. The molecular weight excluding hydrogens is 336 g/mol. The molecule has 0 aliphatic heterocycles. The molecule has 0 saturated carbocycles. The lowest BCUT2D eigenvalue weighted by molar-refractivity contribution is 0.0973. The summed E-state index contributed by atoms with van der Waals surface area (Å²) < 4.78 is 0. The summed E-state index contributed by atoms with van der Waals surface area (Å²) in [7, 11) is 0. The topological polar surface area (TPSA) is 57.5 Å². The van der Waals surface area contributed by atoms with Crippen LogP contribution in [0, 0.1) is 0 Å². The molecule has 27 heavy (non-hydrogen) atoms. The normalized spacial score (nSPS) is 12.6. The van der Waals surface area contributed by atoms with E-state index in [4.69, 9.17) is 0 Å². The molecule has 0 radical (unpaired) electrons. The number of aromatic hydroxyl groups is 2. The molecule has 0 aromatic heterocycles. The van der Waals surface area contributed by atoms with Crippen molar-refractivity contribution in [2.24, 2.45) is 0 Å². The van der Waals surface area contributed by atoms with Gasteiger partial charge in [-0.2, -0.15) is 0 Å². The average molecular weight is 360 g/mol. The summed E-state index contributed by atoms with van der Waals surface area (Å²) >= 11 is 0. The van der Waals surface area contributed by atoms with Gasteiger partial charge < -0.3 is 10.2 Å². The van der Waals surface area contributed by atoms with Gasteiger partial charge in [0.2, 0.25) is 0 Å². The van der Waals surface area contributed by atoms with Crippen LogP contribution in [0.4, 0.5) is 0 Å². The summed E-state index contributed by atoms with van der Waals surface area (Å²) in [6.45, 7) is 6.08. The quantitative estimate of drug-likeness (QED) is 0.483. The molecule has 0 amide bonds. The van der Waals surface area contributed by atoms with Crippen molar-refractivity contribution in [1.82, 2.24) is 0 Å². The number of carbonyl (C=O) groups excluding carboxylic acids is 1. The van der Waals surface area contributed by atoms with Gasteiger partial charge in [-0.25, -0.2) is 0 Å². The largest absolute Gasteiger partial charge is 0.504 e. The fourth-order valence-corrected chi connectivity index (χ4v) is 3.37. The van der Waals surface area contributed by atoms with Gasteiger partial charge in [-0.15, -0.1) is 0 Å². The van der Waals surface area contributed by atoms with E-state index in [1.165, 1.54) is 6.07 Å². The monoisotopic (exact) mass is 360 g/mol. The number of ketones is 1. The minimum Gasteiger partial charge on any atom is -0.504 e. The second-order valence-electron chi connectivity index (χ2n) is 7.75. The van der Waals surface area contributed by atoms with Crippen molar-refractivity contribution in [2.45, 2.75) is 32.1 Å². The van der Waals surface area contributed by atoms with E-state index < -0.39 is 5.92 Å². The summed E-state index contributed by atoms with van der Waals surface area (Å²) in [4.78, 5) is 13.5. The number of hydrogen-bond acceptors (Lipinski definition) is 3. The van der Waals surface area contributed by atoms with Crippen LogP contribution in [0.1, 0.15) is 53.7 Å². The number of Topliss-reactive ketones (excluding diaryl/α,β-unsaturated/α-hetero) is 1. The van der Waals surface area contributed by atoms with E-state index >= 15 is 0 Å². The fourth-order valence-electron chi connectivity index (χ4n) is 3.37. The van der Waals surface area contributed by atoms with Crippen LogP contribution in [0.5, 0.6) is 11.5 Å². The second kappa shape index (κ2) is 7.28. The fraction of sp³-hybridized carbons (Fsp3) is 0.208. The number of phenols is 2. The predicted molar refractivity (Wildman–Crippen MR) is 108 cm³/mol. The highest BCUT2D eigenvalue weighted by atomic mass is 16.3. The summed E-state index contributed by atoms with van der Waals surface area (Å²) in [6, 6.07) is 21.8. The third kappa shape index (κ3) is 3.87. The van der Waals surface area contributed by atoms with Crippen LogP contribution < -0.4 is 0 Å². The van der Waals surface area contributed by atoms with Crippen molar-refractivity contribution < 1.29 is 15.0 Å². The Balaban J connectivity index is 2.26. The number of carbonyl (C=O) groups is 1. The van der Waals surface area contributed by atoms with Gasteiger partial charge in [0.1, 0.15) is 0 Å². The Kier molecular flexibility index (Phi) is 5.04. The summed E-state index contributed by atoms with van der Waals surface area (Å²) in [5.74, 6) is -1.02. The zero-order valence-corrected chi connectivity index (χ0v) is 15.8. The average Bonchev–Trinajstić information content (AvgIpc) is 2.65. The Labute approximate surface area is 159 Å². The van der Waals surface area contributed by atoms with Crippen LogP contribution in [-0.4, -0.2) is 16.0 Å². The molecule has 2 N–H and O–H groups in total. The predicted octanol–water partition coefficient (Wildman–Crippen LogP) is 5.41. The highest BCUT2D eigenvalue weighted by Gasteiger charge is 2.31. The molecule has 0 aliphatic carbocycles. The van der Waals surface area contributed by atoms with Gasteiger partial charge in [-0.3, -0.25) is 4.79 Å². The second-order valence-corrected chi connectivity index (χ2v) is 7.75. The molecule has 3 heteroatoms. The third-order valence-electron chi connectivity index (χ3n) is 4.72. The Morgan fingerprint density at radius 3 is 1.89 bits per heavy atom. The van der Waals surface area contributed by atoms with Gasteiger partial charge in [-0.1, -0.05) is 81.4 Å². The Bertz CT molecular complexity index is 939. The molecule has 0 heterocycles. The molecule has 0 aliphatic rings. The van der Waals surface area contributed by atoms with E-state index in [0.29, 0.717) is 11.1 Å². The summed E-state index contributed by atoms with van der Waals surface area (Å²) in [5, 5.41) is 20.2. The highest BCUT2D eigenvalue weighted by molar-refractivity contribution is 6.03. The maximum atomic E-state index is 13.5. The Morgan fingerprint density at radius 1 is 0.815 bits per heavy atom. The smallest absolute Gasteiger partial charge is 0.174 e. The maximum absolute atomic E-state index is 13.5. The first-order chi connectivity index (χ1) is 12.8. The molecule has 3 aromatic rings. The van der Waals surface area contributed by atoms with Crippen LogP contribution >= 0.6 is 0 Å². The molecule has 3 rings (SSSR count). The summed E-state index contributed by atoms with van der Waals surface area (Å²) in [6.07, 6.45) is 0. The van der Waals surface area contributed by atoms with Crippen molar-refractivity contribution >= 4 is 5.78 Å². The van der Waals surface area contributed by atoms with Crippen molar-refractivity contribution in [3.63, 3.8) is 0 Å². The molecule has 0 spiro atoms. The summed E-state index contributed by atoms with van der Waals surface area (Å²) in [5.41, 5.74) is 2.68. The molecule has 3 nitrogen and oxygen atoms in total. The minimum absolute atomic E-state index is 0.0441. The lowest BCUT2D eigenvalue weighted by Gasteiger charge is -2.28. The highest BCUT2D eigenvalue weighted by Crippen LogP contribution is 2.41. The lowest BCUT2D eigenvalue weighted by Crippen LogP contribution is -2.21. The van der Waals surface area contributed by atoms with Crippen molar-refractivity contribution in [3.05, 3.63) is 95.1 Å². The number of phenolic OH excluding ortho intramolecular Hbond substituents is 2. The third-order valence-corrected chi connectivity index (χ3v) is 4.72. The van der Waals surface area contributed by atoms with Gasteiger partial charge in [0.25, 0.3) is 0 Å². The Hall–Kier alpha value is -3.07. The molecule has 1 atom stereocenters. The van der Waals surface area contributed by atoms with E-state index in [1.807, 2.05) is 69.3 Å². The first-order valence-corrected chi connectivity index (χ1v) is 8.99. The standard InChI is InChI=1S/C24H24O3/c1-24(2,3)19-15-21(26)20(25)14-18(19)22(16-10-6-4-7-11-16)23(27)17-12-8-5-9-13-17/h4-15,22,25-26H,1-3H3. The number of rotatable bonds is 4. The van der Waals surface area contributed by atoms with Crippen molar-refractivity contribution in [2.75, 3.05) is 0 Å². The van der Waals surface area contributed by atoms with Crippen molar-refractivity contribution in [1.29, 1.82) is 0 Å². The molecule has 0 fully saturated rings. The van der Waals surface area contributed by atoms with Gasteiger partial charge in [0.15, 0.2) is 17.3 Å². The lowest BCUT2D eigenvalue weighted by atomic mass is 9.75. The first kappa shape index (κ1) is 18.7. The Morgan fingerprint density at radius 2 is 1.33 bits per heavy atom. The van der Waals surface area contributed by atoms with Gasteiger partial charge >= 0.3 is 0 Å². The molecule has 138 valence electrons. The van der Waals surface area contributed by atoms with Gasteiger partial charge in [-0.05, 0) is 34.2 Å². The van der Waals surface area contributed by atoms with Crippen LogP contribution in [0.15, 0.2) is 72.8 Å². The van der Waals surface area contributed by atoms with Crippen LogP contribution in [0.25, 0.3) is 0 Å². The zero-order chi connectivity index (χ0) is 19.6. The number of hydrogen-bond donors (Lipinski definition) is 2. The zero-order valence-electron chi connectivity index (χ0n) is 15.8. The van der Waals surface area contributed by atoms with Crippen LogP contribution in [0.2, 0.25) is 0 Å².